The second-order valence-corrected chi connectivity index (χ2v) is 12.7. The molecule has 0 atom stereocenters. The first-order valence-corrected chi connectivity index (χ1v) is 14.6. The van der Waals surface area contributed by atoms with Crippen LogP contribution in [0.15, 0.2) is 52.3 Å². The Balaban J connectivity index is 1.54. The minimum absolute atomic E-state index is 0.0826. The predicted octanol–water partition coefficient (Wildman–Crippen LogP) is 3.15. The van der Waals surface area contributed by atoms with Gasteiger partial charge in [-0.15, -0.1) is 0 Å². The quantitative estimate of drug-likeness (QED) is 0.599. The van der Waals surface area contributed by atoms with E-state index >= 15 is 0 Å². The highest BCUT2D eigenvalue weighted by Crippen LogP contribution is 2.28. The zero-order chi connectivity index (χ0) is 25.2. The summed E-state index contributed by atoms with van der Waals surface area (Å²) in [7, 11) is -6.18. The number of amides is 1. The number of sulfonamides is 2. The van der Waals surface area contributed by atoms with Crippen LogP contribution in [0.2, 0.25) is 0 Å². The maximum absolute atomic E-state index is 13.1. The summed E-state index contributed by atoms with van der Waals surface area (Å²) in [5.74, 6) is 0.597. The van der Waals surface area contributed by atoms with Crippen molar-refractivity contribution in [2.45, 2.75) is 42.4 Å². The molecule has 9 nitrogen and oxygen atoms in total. The van der Waals surface area contributed by atoms with Gasteiger partial charge in [0.05, 0.1) is 22.5 Å². The van der Waals surface area contributed by atoms with Gasteiger partial charge in [0.1, 0.15) is 5.75 Å². The molecule has 0 aliphatic carbocycles. The number of methoxy groups -OCH3 is 1. The van der Waals surface area contributed by atoms with Crippen LogP contribution in [-0.4, -0.2) is 65.2 Å². The number of ether oxygens (including phenoxy) is 1. The average Bonchev–Trinajstić information content (AvgIpc) is 3.40. The number of nitrogens with zero attached hydrogens (tertiary/aromatic N) is 2. The highest BCUT2D eigenvalue weighted by Gasteiger charge is 2.28. The molecule has 2 fully saturated rings. The smallest absolute Gasteiger partial charge is 0.261 e. The Morgan fingerprint density at radius 1 is 0.914 bits per heavy atom. The van der Waals surface area contributed by atoms with Crippen LogP contribution in [0.1, 0.15) is 43.0 Å². The van der Waals surface area contributed by atoms with Crippen molar-refractivity contribution in [2.24, 2.45) is 5.92 Å². The minimum Gasteiger partial charge on any atom is -0.496 e. The first-order chi connectivity index (χ1) is 16.6. The summed E-state index contributed by atoms with van der Waals surface area (Å²) in [6, 6.07) is 9.81. The Morgan fingerprint density at radius 3 is 2.11 bits per heavy atom. The number of nitrogens with one attached hydrogen (secondary N) is 1. The summed E-state index contributed by atoms with van der Waals surface area (Å²) in [5, 5.41) is 0. The van der Waals surface area contributed by atoms with Crippen molar-refractivity contribution in [2.75, 3.05) is 38.0 Å². The molecule has 0 spiro atoms. The molecule has 1 amide bonds. The average molecular weight is 522 g/mol. The molecule has 1 N–H and O–H groups in total. The summed E-state index contributed by atoms with van der Waals surface area (Å²) in [4.78, 5) is 14.9. The molecule has 2 aliphatic rings. The summed E-state index contributed by atoms with van der Waals surface area (Å²) in [5.41, 5.74) is 0.413. The molecule has 2 saturated heterocycles. The number of hydrogen-bond donors (Lipinski definition) is 1. The van der Waals surface area contributed by atoms with Crippen LogP contribution in [0.3, 0.4) is 0 Å². The summed E-state index contributed by atoms with van der Waals surface area (Å²) in [6.07, 6.45) is 3.47. The van der Waals surface area contributed by atoms with E-state index in [0.29, 0.717) is 37.8 Å². The summed E-state index contributed by atoms with van der Waals surface area (Å²) < 4.78 is 60.8. The molecule has 35 heavy (non-hydrogen) atoms. The van der Waals surface area contributed by atoms with Crippen molar-refractivity contribution in [3.63, 3.8) is 0 Å². The van der Waals surface area contributed by atoms with Crippen LogP contribution >= 0.6 is 0 Å². The molecule has 190 valence electrons. The third-order valence-corrected chi connectivity index (χ3v) is 9.88. The topological polar surface area (TPSA) is 113 Å². The molecule has 2 aromatic carbocycles. The summed E-state index contributed by atoms with van der Waals surface area (Å²) >= 11 is 0. The van der Waals surface area contributed by atoms with Crippen LogP contribution in [0, 0.1) is 5.92 Å². The predicted molar refractivity (Wildman–Crippen MR) is 133 cm³/mol. The highest BCUT2D eigenvalue weighted by molar-refractivity contribution is 7.92. The Morgan fingerprint density at radius 2 is 1.51 bits per heavy atom. The molecule has 0 saturated carbocycles. The lowest BCUT2D eigenvalue weighted by atomic mass is 9.98. The van der Waals surface area contributed by atoms with Gasteiger partial charge in [-0.3, -0.25) is 9.52 Å². The van der Waals surface area contributed by atoms with E-state index in [1.165, 1.54) is 53.9 Å². The highest BCUT2D eigenvalue weighted by atomic mass is 32.2. The van der Waals surface area contributed by atoms with Gasteiger partial charge in [-0.05, 0) is 74.1 Å². The second-order valence-electron chi connectivity index (χ2n) is 9.08. The zero-order valence-corrected chi connectivity index (χ0v) is 21.6. The first kappa shape index (κ1) is 25.5. The third-order valence-electron chi connectivity index (χ3n) is 6.59. The molecule has 11 heteroatoms. The van der Waals surface area contributed by atoms with E-state index in [1.807, 2.05) is 0 Å². The molecule has 2 aromatic rings. The van der Waals surface area contributed by atoms with Crippen molar-refractivity contribution < 1.29 is 26.4 Å². The van der Waals surface area contributed by atoms with Gasteiger partial charge < -0.3 is 9.64 Å². The largest absolute Gasteiger partial charge is 0.496 e. The number of piperidine rings is 1. The maximum atomic E-state index is 13.1. The number of hydrogen-bond acceptors (Lipinski definition) is 6. The fourth-order valence-electron chi connectivity index (χ4n) is 4.39. The van der Waals surface area contributed by atoms with Crippen LogP contribution in [0.25, 0.3) is 0 Å². The monoisotopic (exact) mass is 521 g/mol. The van der Waals surface area contributed by atoms with Crippen LogP contribution in [-0.2, 0) is 20.0 Å². The number of carbonyl (C=O) groups excluding carboxylic acids is 1. The van der Waals surface area contributed by atoms with E-state index in [4.69, 9.17) is 4.74 Å². The van der Waals surface area contributed by atoms with Gasteiger partial charge in [-0.1, -0.05) is 6.92 Å². The van der Waals surface area contributed by atoms with Gasteiger partial charge >= 0.3 is 0 Å². The minimum atomic E-state index is -4.03. The molecule has 2 aliphatic heterocycles. The standard InChI is InChI=1S/C24H31N3O6S2/c1-18-11-15-26(16-12-18)24(28)22-17-21(9-10-23(22)33-2)34(29,30)25-19-5-7-20(8-6-19)35(31,32)27-13-3-4-14-27/h5-10,17-18,25H,3-4,11-16H2,1-2H3. The van der Waals surface area contributed by atoms with Crippen molar-refractivity contribution in [1.29, 1.82) is 0 Å². The van der Waals surface area contributed by atoms with E-state index in [0.717, 1.165) is 25.7 Å². The zero-order valence-electron chi connectivity index (χ0n) is 19.9. The molecular weight excluding hydrogens is 490 g/mol. The van der Waals surface area contributed by atoms with Gasteiger partial charge in [0.2, 0.25) is 10.0 Å². The van der Waals surface area contributed by atoms with Crippen LogP contribution in [0.5, 0.6) is 5.75 Å². The van der Waals surface area contributed by atoms with Crippen molar-refractivity contribution in [3.05, 3.63) is 48.0 Å². The van der Waals surface area contributed by atoms with Crippen molar-refractivity contribution in [1.82, 2.24) is 9.21 Å². The number of benzene rings is 2. The number of rotatable bonds is 7. The third kappa shape index (κ3) is 5.46. The van der Waals surface area contributed by atoms with E-state index in [-0.39, 0.29) is 26.9 Å². The summed E-state index contributed by atoms with van der Waals surface area (Å²) in [6.45, 7) is 4.36. The second kappa shape index (κ2) is 10.2. The fourth-order valence-corrected chi connectivity index (χ4v) is 6.99. The van der Waals surface area contributed by atoms with Gasteiger partial charge in [0, 0.05) is 31.9 Å². The van der Waals surface area contributed by atoms with E-state index < -0.39 is 20.0 Å². The van der Waals surface area contributed by atoms with Gasteiger partial charge in [-0.25, -0.2) is 16.8 Å². The fraction of sp³-hybridized carbons (Fsp3) is 0.458. The first-order valence-electron chi connectivity index (χ1n) is 11.7. The van der Waals surface area contributed by atoms with Gasteiger partial charge in [0.15, 0.2) is 0 Å². The van der Waals surface area contributed by atoms with E-state index in [1.54, 1.807) is 4.90 Å². The number of carbonyl (C=O) groups is 1. The molecule has 2 heterocycles. The van der Waals surface area contributed by atoms with E-state index in [2.05, 4.69) is 11.6 Å². The lowest BCUT2D eigenvalue weighted by Crippen LogP contribution is -2.38. The van der Waals surface area contributed by atoms with Gasteiger partial charge in [-0.2, -0.15) is 4.31 Å². The Bertz CT molecular complexity index is 1280. The Kier molecular flexibility index (Phi) is 7.39. The van der Waals surface area contributed by atoms with Gasteiger partial charge in [0.25, 0.3) is 15.9 Å². The molecule has 0 radical (unpaired) electrons. The van der Waals surface area contributed by atoms with Crippen LogP contribution < -0.4 is 9.46 Å². The lowest BCUT2D eigenvalue weighted by molar-refractivity contribution is 0.0693. The van der Waals surface area contributed by atoms with Crippen molar-refractivity contribution in [3.8, 4) is 5.75 Å². The molecule has 4 rings (SSSR count). The molecule has 0 bridgehead atoms. The molecule has 0 unspecified atom stereocenters. The maximum Gasteiger partial charge on any atom is 0.261 e. The Labute approximate surface area is 207 Å². The Hall–Kier alpha value is -2.63. The van der Waals surface area contributed by atoms with E-state index in [9.17, 15) is 21.6 Å². The number of likely N-dealkylation sites (tertiary alicyclic amines) is 1. The lowest BCUT2D eigenvalue weighted by Gasteiger charge is -2.30. The normalized spacial score (nSPS) is 17.9. The van der Waals surface area contributed by atoms with Crippen molar-refractivity contribution >= 4 is 31.6 Å². The van der Waals surface area contributed by atoms with Crippen LogP contribution in [0.4, 0.5) is 5.69 Å². The molecular formula is C24H31N3O6S2. The SMILES string of the molecule is COc1ccc(S(=O)(=O)Nc2ccc(S(=O)(=O)N3CCCC3)cc2)cc1C(=O)N1CCC(C)CC1. The molecule has 0 aromatic heterocycles. The number of anilines is 1.